The van der Waals surface area contributed by atoms with Crippen molar-refractivity contribution in [2.45, 2.75) is 26.2 Å². The molecule has 1 fully saturated rings. The quantitative estimate of drug-likeness (QED) is 0.695. The minimum Gasteiger partial charge on any atom is -0.356 e. The number of amides is 1. The van der Waals surface area contributed by atoms with Gasteiger partial charge in [-0.15, -0.1) is 11.3 Å². The number of anilines is 2. The first kappa shape index (κ1) is 17.2. The summed E-state index contributed by atoms with van der Waals surface area (Å²) < 4.78 is 0. The molecule has 1 amide bonds. The number of hydrogen-bond donors (Lipinski definition) is 1. The van der Waals surface area contributed by atoms with Crippen molar-refractivity contribution in [3.8, 4) is 0 Å². The summed E-state index contributed by atoms with van der Waals surface area (Å²) in [6.07, 6.45) is 5.15. The Labute approximate surface area is 161 Å². The molecule has 0 unspecified atom stereocenters. The van der Waals surface area contributed by atoms with Gasteiger partial charge in [-0.25, -0.2) is 9.97 Å². The maximum absolute atomic E-state index is 13.0. The Kier molecular flexibility index (Phi) is 4.78. The second-order valence-electron chi connectivity index (χ2n) is 6.42. The van der Waals surface area contributed by atoms with Crippen molar-refractivity contribution in [3.05, 3.63) is 46.1 Å². The number of fused-ring (bicyclic) bond motifs is 1. The Morgan fingerprint density at radius 1 is 1.23 bits per heavy atom. The van der Waals surface area contributed by atoms with Gasteiger partial charge < -0.3 is 10.2 Å². The second-order valence-corrected chi connectivity index (χ2v) is 8.06. The van der Waals surface area contributed by atoms with Crippen molar-refractivity contribution in [1.29, 1.82) is 0 Å². The summed E-state index contributed by atoms with van der Waals surface area (Å²) in [5.41, 5.74) is 1.34. The fourth-order valence-corrected chi connectivity index (χ4v) is 4.58. The van der Waals surface area contributed by atoms with Gasteiger partial charge in [-0.2, -0.15) is 0 Å². The van der Waals surface area contributed by atoms with Gasteiger partial charge in [0.2, 0.25) is 0 Å². The number of hydrogen-bond acceptors (Lipinski definition) is 5. The molecule has 0 atom stereocenters. The van der Waals surface area contributed by atoms with E-state index in [2.05, 4.69) is 20.2 Å². The Bertz CT molecular complexity index is 965. The number of halogens is 1. The van der Waals surface area contributed by atoms with Crippen LogP contribution in [0.25, 0.3) is 10.2 Å². The Hall–Kier alpha value is -2.18. The number of nitrogens with one attached hydrogen (secondary N) is 1. The van der Waals surface area contributed by atoms with Crippen molar-refractivity contribution in [2.75, 3.05) is 23.3 Å². The van der Waals surface area contributed by atoms with Crippen LogP contribution in [0.2, 0.25) is 5.02 Å². The summed E-state index contributed by atoms with van der Waals surface area (Å²) >= 11 is 7.56. The van der Waals surface area contributed by atoms with E-state index in [0.29, 0.717) is 16.3 Å². The first-order valence-corrected chi connectivity index (χ1v) is 9.89. The van der Waals surface area contributed by atoms with Crippen LogP contribution in [0.15, 0.2) is 30.6 Å². The van der Waals surface area contributed by atoms with Crippen LogP contribution in [0.4, 0.5) is 11.5 Å². The van der Waals surface area contributed by atoms with E-state index in [1.165, 1.54) is 17.8 Å². The molecule has 4 rings (SSSR count). The van der Waals surface area contributed by atoms with Gasteiger partial charge in [-0.05, 0) is 44.4 Å². The van der Waals surface area contributed by atoms with Crippen molar-refractivity contribution >= 4 is 50.6 Å². The molecule has 3 aromatic rings. The summed E-state index contributed by atoms with van der Waals surface area (Å²) in [6, 6.07) is 7.17. The topological polar surface area (TPSA) is 58.1 Å². The number of carbonyl (C=O) groups excluding carboxylic acids is 1. The van der Waals surface area contributed by atoms with Crippen LogP contribution in [-0.4, -0.2) is 29.0 Å². The molecule has 3 heterocycles. The highest BCUT2D eigenvalue weighted by Crippen LogP contribution is 2.36. The Balaban J connectivity index is 1.76. The van der Waals surface area contributed by atoms with E-state index < -0.39 is 0 Å². The third kappa shape index (κ3) is 3.27. The zero-order chi connectivity index (χ0) is 18.1. The highest BCUT2D eigenvalue weighted by atomic mass is 35.5. The molecule has 0 spiro atoms. The maximum atomic E-state index is 13.0. The maximum Gasteiger partial charge on any atom is 0.257 e. The number of aromatic nitrogens is 2. The van der Waals surface area contributed by atoms with Crippen LogP contribution in [0.5, 0.6) is 0 Å². The fraction of sp³-hybridized carbons (Fsp3) is 0.316. The number of carbonyl (C=O) groups is 1. The molecule has 1 saturated heterocycles. The van der Waals surface area contributed by atoms with E-state index in [9.17, 15) is 4.79 Å². The molecule has 26 heavy (non-hydrogen) atoms. The number of rotatable bonds is 3. The third-order valence-corrected chi connectivity index (χ3v) is 5.86. The van der Waals surface area contributed by atoms with Gasteiger partial charge in [0.05, 0.1) is 10.9 Å². The molecule has 134 valence electrons. The van der Waals surface area contributed by atoms with Crippen LogP contribution < -0.4 is 10.2 Å². The van der Waals surface area contributed by atoms with Crippen LogP contribution in [-0.2, 0) is 0 Å². The van der Waals surface area contributed by atoms with E-state index in [0.717, 1.165) is 46.8 Å². The van der Waals surface area contributed by atoms with Gasteiger partial charge in [0.15, 0.2) is 0 Å². The predicted octanol–water partition coefficient (Wildman–Crippen LogP) is 4.90. The first-order valence-electron chi connectivity index (χ1n) is 8.69. The van der Waals surface area contributed by atoms with E-state index in [-0.39, 0.29) is 5.91 Å². The van der Waals surface area contributed by atoms with E-state index in [4.69, 9.17) is 11.6 Å². The van der Waals surface area contributed by atoms with Crippen LogP contribution >= 0.6 is 22.9 Å². The lowest BCUT2D eigenvalue weighted by Gasteiger charge is -2.28. The molecule has 5 nitrogen and oxygen atoms in total. The molecule has 1 aliphatic heterocycles. The van der Waals surface area contributed by atoms with Crippen molar-refractivity contribution in [3.63, 3.8) is 0 Å². The third-order valence-electron chi connectivity index (χ3n) is 4.61. The highest BCUT2D eigenvalue weighted by Gasteiger charge is 2.24. The zero-order valence-corrected chi connectivity index (χ0v) is 16.0. The summed E-state index contributed by atoms with van der Waals surface area (Å²) in [7, 11) is 0. The van der Waals surface area contributed by atoms with Gasteiger partial charge in [0.25, 0.3) is 5.91 Å². The van der Waals surface area contributed by atoms with Gasteiger partial charge >= 0.3 is 0 Å². The predicted molar refractivity (Wildman–Crippen MR) is 108 cm³/mol. The lowest BCUT2D eigenvalue weighted by Crippen LogP contribution is -2.30. The van der Waals surface area contributed by atoms with Crippen LogP contribution in [0.3, 0.4) is 0 Å². The Morgan fingerprint density at radius 2 is 2.04 bits per heavy atom. The van der Waals surface area contributed by atoms with Gasteiger partial charge in [-0.3, -0.25) is 4.79 Å². The van der Waals surface area contributed by atoms with Crippen LogP contribution in [0.1, 0.15) is 34.5 Å². The standard InChI is InChI=1S/C19H19ClN4OS/c1-12-15(18(25)23-14-7-5-6-13(20)10-14)16-17(21-11-22-19(16)26-12)24-8-3-2-4-9-24/h5-7,10-11H,2-4,8-9H2,1H3,(H,23,25). The molecular formula is C19H19ClN4OS. The monoisotopic (exact) mass is 386 g/mol. The largest absolute Gasteiger partial charge is 0.356 e. The van der Waals surface area contributed by atoms with Crippen molar-refractivity contribution < 1.29 is 4.79 Å². The average Bonchev–Trinajstić information content (AvgIpc) is 2.98. The summed E-state index contributed by atoms with van der Waals surface area (Å²) in [5.74, 6) is 0.722. The minimum atomic E-state index is -0.149. The molecular weight excluding hydrogens is 368 g/mol. The molecule has 0 radical (unpaired) electrons. The lowest BCUT2D eigenvalue weighted by atomic mass is 10.1. The van der Waals surface area contributed by atoms with Crippen molar-refractivity contribution in [1.82, 2.24) is 9.97 Å². The minimum absolute atomic E-state index is 0.149. The zero-order valence-electron chi connectivity index (χ0n) is 14.5. The van der Waals surface area contributed by atoms with E-state index >= 15 is 0 Å². The van der Waals surface area contributed by atoms with Crippen LogP contribution in [0, 0.1) is 6.92 Å². The smallest absolute Gasteiger partial charge is 0.257 e. The number of piperidine rings is 1. The SMILES string of the molecule is Cc1sc2ncnc(N3CCCCC3)c2c1C(=O)Nc1cccc(Cl)c1. The molecule has 0 saturated carbocycles. The highest BCUT2D eigenvalue weighted by molar-refractivity contribution is 7.19. The molecule has 1 N–H and O–H groups in total. The van der Waals surface area contributed by atoms with Gasteiger partial charge in [-0.1, -0.05) is 17.7 Å². The van der Waals surface area contributed by atoms with E-state index in [1.54, 1.807) is 18.5 Å². The molecule has 0 aliphatic carbocycles. The number of aryl methyl sites for hydroxylation is 1. The Morgan fingerprint density at radius 3 is 2.81 bits per heavy atom. The fourth-order valence-electron chi connectivity index (χ4n) is 3.41. The average molecular weight is 387 g/mol. The number of benzene rings is 1. The van der Waals surface area contributed by atoms with Crippen molar-refractivity contribution in [2.24, 2.45) is 0 Å². The first-order chi connectivity index (χ1) is 12.6. The van der Waals surface area contributed by atoms with E-state index in [1.807, 2.05) is 19.1 Å². The summed E-state index contributed by atoms with van der Waals surface area (Å²) in [6.45, 7) is 3.89. The second kappa shape index (κ2) is 7.21. The number of nitrogens with zero attached hydrogens (tertiary/aromatic N) is 3. The summed E-state index contributed by atoms with van der Waals surface area (Å²) in [4.78, 5) is 26.0. The van der Waals surface area contributed by atoms with Gasteiger partial charge in [0, 0.05) is 28.7 Å². The molecule has 2 aromatic heterocycles. The summed E-state index contributed by atoms with van der Waals surface area (Å²) in [5, 5.41) is 4.41. The molecule has 1 aromatic carbocycles. The number of thiophene rings is 1. The molecule has 0 bridgehead atoms. The molecule has 7 heteroatoms. The lowest BCUT2D eigenvalue weighted by molar-refractivity contribution is 0.102. The normalized spacial score (nSPS) is 14.6. The van der Waals surface area contributed by atoms with Gasteiger partial charge in [0.1, 0.15) is 17.0 Å². The molecule has 1 aliphatic rings.